The average Bonchev–Trinajstić information content (AvgIpc) is 3.28. The standard InChI is InChI=1S/C24H25FN4O3S/c25-19-8-6-17(7-9-19)21(29-10-12-32-13-11-29)15-26-22(30)14-20-16-33-24(27-20)28-23(31)18-4-2-1-3-5-18/h1-9,16,21H,10-15H2,(H,26,30)(H,27,28,31). The molecular formula is C24H25FN4O3S. The number of hydrogen-bond donors (Lipinski definition) is 2. The molecule has 1 atom stereocenters. The molecule has 2 N–H and O–H groups in total. The van der Waals surface area contributed by atoms with Crippen molar-refractivity contribution in [1.29, 1.82) is 0 Å². The van der Waals surface area contributed by atoms with Crippen molar-refractivity contribution in [3.63, 3.8) is 0 Å². The van der Waals surface area contributed by atoms with Crippen molar-refractivity contribution in [2.24, 2.45) is 0 Å². The van der Waals surface area contributed by atoms with Gasteiger partial charge in [-0.2, -0.15) is 0 Å². The van der Waals surface area contributed by atoms with E-state index in [1.54, 1.807) is 41.8 Å². The van der Waals surface area contributed by atoms with Gasteiger partial charge in [0.05, 0.1) is 31.4 Å². The van der Waals surface area contributed by atoms with Crippen LogP contribution in [-0.2, 0) is 16.0 Å². The molecule has 3 aromatic rings. The summed E-state index contributed by atoms with van der Waals surface area (Å²) in [4.78, 5) is 31.5. The van der Waals surface area contributed by atoms with Gasteiger partial charge in [0.15, 0.2) is 5.13 Å². The molecule has 1 aliphatic rings. The number of carbonyl (C=O) groups excluding carboxylic acids is 2. The Morgan fingerprint density at radius 2 is 1.82 bits per heavy atom. The summed E-state index contributed by atoms with van der Waals surface area (Å²) in [6.45, 7) is 3.14. The molecule has 7 nitrogen and oxygen atoms in total. The van der Waals surface area contributed by atoms with E-state index in [0.717, 1.165) is 18.7 Å². The third-order valence-corrected chi connectivity index (χ3v) is 6.19. The maximum absolute atomic E-state index is 13.4. The number of anilines is 1. The molecular weight excluding hydrogens is 443 g/mol. The number of thiazole rings is 1. The molecule has 1 saturated heterocycles. The number of benzene rings is 2. The van der Waals surface area contributed by atoms with E-state index in [1.807, 2.05) is 6.07 Å². The van der Waals surface area contributed by atoms with Gasteiger partial charge in [-0.25, -0.2) is 9.37 Å². The Labute approximate surface area is 195 Å². The molecule has 1 unspecified atom stereocenters. The second kappa shape index (κ2) is 11.1. The fraction of sp³-hybridized carbons (Fsp3) is 0.292. The lowest BCUT2D eigenvalue weighted by Crippen LogP contribution is -2.44. The molecule has 2 amide bonds. The zero-order valence-corrected chi connectivity index (χ0v) is 18.8. The number of aromatic nitrogens is 1. The van der Waals surface area contributed by atoms with E-state index < -0.39 is 0 Å². The second-order valence-corrected chi connectivity index (χ2v) is 8.52. The van der Waals surface area contributed by atoms with Crippen molar-refractivity contribution in [1.82, 2.24) is 15.2 Å². The number of ether oxygens (including phenoxy) is 1. The minimum atomic E-state index is -0.290. The van der Waals surface area contributed by atoms with Crippen molar-refractivity contribution in [2.75, 3.05) is 38.2 Å². The SMILES string of the molecule is O=C(Cc1csc(NC(=O)c2ccccc2)n1)NCC(c1ccc(F)cc1)N1CCOCC1. The van der Waals surface area contributed by atoms with E-state index in [-0.39, 0.29) is 30.1 Å². The van der Waals surface area contributed by atoms with E-state index in [0.29, 0.717) is 36.1 Å². The van der Waals surface area contributed by atoms with Crippen molar-refractivity contribution in [3.05, 3.63) is 82.6 Å². The predicted molar refractivity (Wildman–Crippen MR) is 125 cm³/mol. The summed E-state index contributed by atoms with van der Waals surface area (Å²) < 4.78 is 18.8. The van der Waals surface area contributed by atoms with Crippen LogP contribution in [0, 0.1) is 5.82 Å². The molecule has 172 valence electrons. The first-order valence-corrected chi connectivity index (χ1v) is 11.6. The smallest absolute Gasteiger partial charge is 0.257 e. The zero-order valence-electron chi connectivity index (χ0n) is 18.0. The second-order valence-electron chi connectivity index (χ2n) is 7.66. The quantitative estimate of drug-likeness (QED) is 0.530. The molecule has 9 heteroatoms. The van der Waals surface area contributed by atoms with Gasteiger partial charge in [-0.1, -0.05) is 30.3 Å². The number of amides is 2. The number of nitrogens with one attached hydrogen (secondary N) is 2. The van der Waals surface area contributed by atoms with Crippen molar-refractivity contribution in [2.45, 2.75) is 12.5 Å². The van der Waals surface area contributed by atoms with Crippen LogP contribution in [0.25, 0.3) is 0 Å². The number of morpholine rings is 1. The lowest BCUT2D eigenvalue weighted by molar-refractivity contribution is -0.120. The number of rotatable bonds is 8. The molecule has 2 aromatic carbocycles. The highest BCUT2D eigenvalue weighted by Gasteiger charge is 2.23. The highest BCUT2D eigenvalue weighted by atomic mass is 32.1. The van der Waals surface area contributed by atoms with Crippen LogP contribution in [0.1, 0.15) is 27.7 Å². The van der Waals surface area contributed by atoms with Crippen LogP contribution in [0.15, 0.2) is 60.0 Å². The highest BCUT2D eigenvalue weighted by molar-refractivity contribution is 7.14. The van der Waals surface area contributed by atoms with E-state index in [4.69, 9.17) is 4.74 Å². The molecule has 0 bridgehead atoms. The van der Waals surface area contributed by atoms with E-state index >= 15 is 0 Å². The Bertz CT molecular complexity index is 1070. The number of hydrogen-bond acceptors (Lipinski definition) is 6. The first-order valence-electron chi connectivity index (χ1n) is 10.7. The fourth-order valence-corrected chi connectivity index (χ4v) is 4.38. The van der Waals surface area contributed by atoms with Gasteiger partial charge in [-0.3, -0.25) is 19.8 Å². The number of nitrogens with zero attached hydrogens (tertiary/aromatic N) is 2. The molecule has 1 aromatic heterocycles. The van der Waals surface area contributed by atoms with Gasteiger partial charge in [0.1, 0.15) is 5.82 Å². The van der Waals surface area contributed by atoms with Crippen molar-refractivity contribution < 1.29 is 18.7 Å². The summed E-state index contributed by atoms with van der Waals surface area (Å²) >= 11 is 1.28. The maximum Gasteiger partial charge on any atom is 0.257 e. The van der Waals surface area contributed by atoms with Crippen LogP contribution in [0.2, 0.25) is 0 Å². The first kappa shape index (κ1) is 23.0. The molecule has 0 saturated carbocycles. The van der Waals surface area contributed by atoms with Crippen LogP contribution in [0.5, 0.6) is 0 Å². The summed E-state index contributed by atoms with van der Waals surface area (Å²) in [6.07, 6.45) is 0.108. The Kier molecular flexibility index (Phi) is 7.77. The van der Waals surface area contributed by atoms with Gasteiger partial charge in [0, 0.05) is 30.6 Å². The topological polar surface area (TPSA) is 83.6 Å². The van der Waals surface area contributed by atoms with Gasteiger partial charge in [0.2, 0.25) is 5.91 Å². The van der Waals surface area contributed by atoms with E-state index in [9.17, 15) is 14.0 Å². The molecule has 2 heterocycles. The van der Waals surface area contributed by atoms with Crippen LogP contribution < -0.4 is 10.6 Å². The Morgan fingerprint density at radius 3 is 2.55 bits per heavy atom. The summed E-state index contributed by atoms with van der Waals surface area (Å²) in [6, 6.07) is 15.2. The van der Waals surface area contributed by atoms with E-state index in [1.165, 1.54) is 23.5 Å². The molecule has 1 aliphatic heterocycles. The summed E-state index contributed by atoms with van der Waals surface area (Å²) in [5, 5.41) is 7.95. The van der Waals surface area contributed by atoms with Gasteiger partial charge in [-0.15, -0.1) is 11.3 Å². The monoisotopic (exact) mass is 468 g/mol. The van der Waals surface area contributed by atoms with Gasteiger partial charge < -0.3 is 10.1 Å². The Hall–Kier alpha value is -3.14. The average molecular weight is 469 g/mol. The largest absolute Gasteiger partial charge is 0.379 e. The van der Waals surface area contributed by atoms with Crippen molar-refractivity contribution in [3.8, 4) is 0 Å². The van der Waals surface area contributed by atoms with Crippen molar-refractivity contribution >= 4 is 28.3 Å². The molecule has 4 rings (SSSR count). The van der Waals surface area contributed by atoms with Crippen LogP contribution in [-0.4, -0.2) is 54.5 Å². The number of halogens is 1. The Balaban J connectivity index is 1.33. The minimum absolute atomic E-state index is 0.0744. The summed E-state index contributed by atoms with van der Waals surface area (Å²) in [5.74, 6) is -0.697. The normalized spacial score (nSPS) is 15.1. The van der Waals surface area contributed by atoms with E-state index in [2.05, 4.69) is 20.5 Å². The van der Waals surface area contributed by atoms with Gasteiger partial charge in [0.25, 0.3) is 5.91 Å². The van der Waals surface area contributed by atoms with Gasteiger partial charge >= 0.3 is 0 Å². The number of carbonyl (C=O) groups is 2. The van der Waals surface area contributed by atoms with Crippen LogP contribution in [0.4, 0.5) is 9.52 Å². The first-order chi connectivity index (χ1) is 16.1. The summed E-state index contributed by atoms with van der Waals surface area (Å²) in [7, 11) is 0. The van der Waals surface area contributed by atoms with Crippen LogP contribution >= 0.6 is 11.3 Å². The van der Waals surface area contributed by atoms with Crippen LogP contribution in [0.3, 0.4) is 0 Å². The minimum Gasteiger partial charge on any atom is -0.379 e. The third-order valence-electron chi connectivity index (χ3n) is 5.38. The molecule has 0 spiro atoms. The zero-order chi connectivity index (χ0) is 23.0. The lowest BCUT2D eigenvalue weighted by Gasteiger charge is -2.35. The highest BCUT2D eigenvalue weighted by Crippen LogP contribution is 2.22. The fourth-order valence-electron chi connectivity index (χ4n) is 3.67. The predicted octanol–water partition coefficient (Wildman–Crippen LogP) is 3.27. The third kappa shape index (κ3) is 6.44. The summed E-state index contributed by atoms with van der Waals surface area (Å²) in [5.41, 5.74) is 2.07. The molecule has 0 radical (unpaired) electrons. The molecule has 33 heavy (non-hydrogen) atoms. The molecule has 0 aliphatic carbocycles. The Morgan fingerprint density at radius 1 is 1.09 bits per heavy atom. The maximum atomic E-state index is 13.4. The molecule has 1 fully saturated rings. The lowest BCUT2D eigenvalue weighted by atomic mass is 10.0. The van der Waals surface area contributed by atoms with Gasteiger partial charge in [-0.05, 0) is 29.8 Å².